The Hall–Kier alpha value is -1.83. The normalized spacial score (nSPS) is 18.5. The number of nitrogens with zero attached hydrogens (tertiary/aromatic N) is 6. The molecule has 2 aromatic rings. The van der Waals surface area contributed by atoms with E-state index in [9.17, 15) is 4.79 Å². The van der Waals surface area contributed by atoms with E-state index in [0.717, 1.165) is 41.8 Å². The Balaban J connectivity index is 1.77. The zero-order valence-corrected chi connectivity index (χ0v) is 17.3. The smallest absolute Gasteiger partial charge is 0.227 e. The van der Waals surface area contributed by atoms with Crippen LogP contribution in [0.15, 0.2) is 5.16 Å². The summed E-state index contributed by atoms with van der Waals surface area (Å²) in [5, 5.41) is 14.0. The third-order valence-electron chi connectivity index (χ3n) is 5.50. The molecule has 0 radical (unpaired) electrons. The molecule has 0 N–H and O–H groups in total. The van der Waals surface area contributed by atoms with Crippen LogP contribution in [0.1, 0.15) is 48.6 Å². The molecule has 1 amide bonds. The van der Waals surface area contributed by atoms with Gasteiger partial charge >= 0.3 is 0 Å². The van der Waals surface area contributed by atoms with Crippen LogP contribution in [0, 0.1) is 26.7 Å². The molecule has 26 heavy (non-hydrogen) atoms. The second kappa shape index (κ2) is 7.42. The molecule has 1 saturated heterocycles. The van der Waals surface area contributed by atoms with Crippen LogP contribution in [0.2, 0.25) is 0 Å². The summed E-state index contributed by atoms with van der Waals surface area (Å²) in [7, 11) is 1.98. The number of rotatable bonds is 5. The van der Waals surface area contributed by atoms with E-state index in [1.165, 1.54) is 5.56 Å². The van der Waals surface area contributed by atoms with Crippen molar-refractivity contribution >= 4 is 17.7 Å². The van der Waals surface area contributed by atoms with Crippen LogP contribution >= 0.6 is 11.8 Å². The molecular weight excluding hydrogens is 348 g/mol. The van der Waals surface area contributed by atoms with Gasteiger partial charge in [0, 0.05) is 19.3 Å². The van der Waals surface area contributed by atoms with Gasteiger partial charge in [-0.05, 0) is 45.4 Å². The second-order valence-electron chi connectivity index (χ2n) is 7.17. The van der Waals surface area contributed by atoms with Crippen molar-refractivity contribution in [2.24, 2.45) is 13.0 Å². The molecule has 8 heteroatoms. The Morgan fingerprint density at radius 2 is 2.04 bits per heavy atom. The van der Waals surface area contributed by atoms with Gasteiger partial charge in [-0.2, -0.15) is 5.10 Å². The fraction of sp³-hybridized carbons (Fsp3) is 0.667. The van der Waals surface area contributed by atoms with E-state index in [1.54, 1.807) is 11.8 Å². The standard InChI is InChI=1S/C18H28N6OS/c1-11(10-24-14(4)12(2)13(3)21-24)17(25)23-9-7-8-15(23)16-19-20-18(26-6)22(16)5/h11,15H,7-10H2,1-6H3/t11-,15+/m1/s1. The van der Waals surface area contributed by atoms with Crippen LogP contribution in [0.4, 0.5) is 0 Å². The summed E-state index contributed by atoms with van der Waals surface area (Å²) in [6.07, 6.45) is 3.94. The minimum absolute atomic E-state index is 0.0190. The highest BCUT2D eigenvalue weighted by Gasteiger charge is 2.35. The molecule has 0 aliphatic carbocycles. The van der Waals surface area contributed by atoms with Gasteiger partial charge in [0.2, 0.25) is 5.91 Å². The van der Waals surface area contributed by atoms with Crippen molar-refractivity contribution < 1.29 is 4.79 Å². The third-order valence-corrected chi connectivity index (χ3v) is 6.22. The van der Waals surface area contributed by atoms with Crippen molar-refractivity contribution in [2.45, 2.75) is 58.3 Å². The van der Waals surface area contributed by atoms with Crippen LogP contribution in [-0.4, -0.2) is 48.2 Å². The van der Waals surface area contributed by atoms with Gasteiger partial charge < -0.3 is 9.47 Å². The lowest BCUT2D eigenvalue weighted by atomic mass is 10.1. The molecule has 7 nitrogen and oxygen atoms in total. The molecule has 2 atom stereocenters. The molecule has 1 aliphatic heterocycles. The van der Waals surface area contributed by atoms with Crippen LogP contribution < -0.4 is 0 Å². The number of hydrogen-bond acceptors (Lipinski definition) is 5. The molecule has 2 aromatic heterocycles. The van der Waals surface area contributed by atoms with E-state index in [-0.39, 0.29) is 17.9 Å². The zero-order chi connectivity index (χ0) is 19.0. The van der Waals surface area contributed by atoms with E-state index >= 15 is 0 Å². The quantitative estimate of drug-likeness (QED) is 0.751. The van der Waals surface area contributed by atoms with Gasteiger partial charge in [-0.3, -0.25) is 9.48 Å². The van der Waals surface area contributed by atoms with Crippen molar-refractivity contribution in [3.05, 3.63) is 22.8 Å². The number of hydrogen-bond donors (Lipinski definition) is 0. The largest absolute Gasteiger partial charge is 0.332 e. The van der Waals surface area contributed by atoms with Crippen LogP contribution in [0.3, 0.4) is 0 Å². The number of carbonyl (C=O) groups is 1. The average Bonchev–Trinajstić information content (AvgIpc) is 3.29. The van der Waals surface area contributed by atoms with E-state index < -0.39 is 0 Å². The third kappa shape index (κ3) is 3.26. The van der Waals surface area contributed by atoms with E-state index in [1.807, 2.05) is 41.3 Å². The van der Waals surface area contributed by atoms with Gasteiger partial charge in [0.25, 0.3) is 0 Å². The molecule has 0 bridgehead atoms. The number of thioether (sulfide) groups is 1. The highest BCUT2D eigenvalue weighted by atomic mass is 32.2. The highest BCUT2D eigenvalue weighted by molar-refractivity contribution is 7.98. The van der Waals surface area contributed by atoms with Gasteiger partial charge in [-0.15, -0.1) is 10.2 Å². The number of aryl methyl sites for hydroxylation is 1. The van der Waals surface area contributed by atoms with Gasteiger partial charge in [0.1, 0.15) is 0 Å². The second-order valence-corrected chi connectivity index (χ2v) is 7.95. The lowest BCUT2D eigenvalue weighted by Crippen LogP contribution is -2.37. The Morgan fingerprint density at radius 3 is 2.62 bits per heavy atom. The van der Waals surface area contributed by atoms with Crippen LogP contribution in [0.25, 0.3) is 0 Å². The lowest BCUT2D eigenvalue weighted by molar-refractivity contribution is -0.136. The lowest BCUT2D eigenvalue weighted by Gasteiger charge is -2.27. The molecule has 0 spiro atoms. The van der Waals surface area contributed by atoms with E-state index in [2.05, 4.69) is 29.1 Å². The van der Waals surface area contributed by atoms with Crippen molar-refractivity contribution in [3.63, 3.8) is 0 Å². The van der Waals surface area contributed by atoms with Gasteiger partial charge in [-0.1, -0.05) is 18.7 Å². The van der Waals surface area contributed by atoms with Gasteiger partial charge in [0.05, 0.1) is 24.2 Å². The predicted octanol–water partition coefficient (Wildman–Crippen LogP) is 2.66. The molecule has 0 unspecified atom stereocenters. The minimum Gasteiger partial charge on any atom is -0.332 e. The minimum atomic E-state index is -0.124. The fourth-order valence-corrected chi connectivity index (χ4v) is 4.17. The maximum absolute atomic E-state index is 13.1. The molecule has 142 valence electrons. The highest BCUT2D eigenvalue weighted by Crippen LogP contribution is 2.33. The number of carbonyl (C=O) groups excluding carboxylic acids is 1. The van der Waals surface area contributed by atoms with Gasteiger partial charge in [-0.25, -0.2) is 0 Å². The Bertz CT molecular complexity index is 811. The molecule has 3 heterocycles. The summed E-state index contributed by atoms with van der Waals surface area (Å²) < 4.78 is 3.97. The summed E-state index contributed by atoms with van der Waals surface area (Å²) in [6.45, 7) is 9.54. The van der Waals surface area contributed by atoms with Crippen LogP contribution in [-0.2, 0) is 18.4 Å². The number of amides is 1. The summed E-state index contributed by atoms with van der Waals surface area (Å²) >= 11 is 1.57. The summed E-state index contributed by atoms with van der Waals surface area (Å²) in [4.78, 5) is 15.1. The maximum atomic E-state index is 13.1. The first-order valence-corrected chi connectivity index (χ1v) is 10.3. The van der Waals surface area contributed by atoms with Gasteiger partial charge in [0.15, 0.2) is 11.0 Å². The molecule has 0 aromatic carbocycles. The first-order valence-electron chi connectivity index (χ1n) is 9.09. The van der Waals surface area contributed by atoms with Crippen LogP contribution in [0.5, 0.6) is 0 Å². The average molecular weight is 377 g/mol. The topological polar surface area (TPSA) is 68.8 Å². The first-order chi connectivity index (χ1) is 12.3. The first kappa shape index (κ1) is 18.9. The predicted molar refractivity (Wildman–Crippen MR) is 102 cm³/mol. The summed E-state index contributed by atoms with van der Waals surface area (Å²) in [5.74, 6) is 0.932. The molecule has 1 aliphatic rings. The molecule has 3 rings (SSSR count). The van der Waals surface area contributed by atoms with Crippen molar-refractivity contribution in [2.75, 3.05) is 12.8 Å². The van der Waals surface area contributed by atoms with Crippen molar-refractivity contribution in [1.82, 2.24) is 29.4 Å². The summed E-state index contributed by atoms with van der Waals surface area (Å²) in [6, 6.07) is 0.0190. The monoisotopic (exact) mass is 376 g/mol. The van der Waals surface area contributed by atoms with Crippen molar-refractivity contribution in [3.8, 4) is 0 Å². The van der Waals surface area contributed by atoms with Crippen molar-refractivity contribution in [1.29, 1.82) is 0 Å². The zero-order valence-electron chi connectivity index (χ0n) is 16.5. The summed E-state index contributed by atoms with van der Waals surface area (Å²) in [5.41, 5.74) is 3.37. The Labute approximate surface area is 159 Å². The molecule has 0 saturated carbocycles. The Morgan fingerprint density at radius 1 is 1.31 bits per heavy atom. The maximum Gasteiger partial charge on any atom is 0.227 e. The number of aromatic nitrogens is 5. The van der Waals surface area contributed by atoms with E-state index in [0.29, 0.717) is 6.54 Å². The fourth-order valence-electron chi connectivity index (χ4n) is 3.68. The molecular formula is C18H28N6OS. The van der Waals surface area contributed by atoms with E-state index in [4.69, 9.17) is 0 Å². The Kier molecular flexibility index (Phi) is 5.41. The molecule has 1 fully saturated rings. The SMILES string of the molecule is CSc1nnc([C@@H]2CCCN2C(=O)[C@H](C)Cn2nc(C)c(C)c2C)n1C. The number of likely N-dealkylation sites (tertiary alicyclic amines) is 1.